The molecule has 134 valence electrons. The average Bonchev–Trinajstić information content (AvgIpc) is 2.84. The first-order valence-corrected chi connectivity index (χ1v) is 10.4. The van der Waals surface area contributed by atoms with Crippen LogP contribution in [0.5, 0.6) is 0 Å². The Morgan fingerprint density at radius 3 is 2.00 bits per heavy atom. The van der Waals surface area contributed by atoms with Crippen LogP contribution >= 0.6 is 0 Å². The molecule has 0 radical (unpaired) electrons. The lowest BCUT2D eigenvalue weighted by molar-refractivity contribution is -0.903. The van der Waals surface area contributed by atoms with Crippen molar-refractivity contribution in [2.45, 2.75) is 47.0 Å². The molecular weight excluding hydrogens is 280 g/mol. The SMILES string of the molecule is CCC1C2CCC(C1CN(C)CC)C1C[N+](C)(CC(C)C)CC21. The summed E-state index contributed by atoms with van der Waals surface area (Å²) in [5.74, 6) is 6.97. The van der Waals surface area contributed by atoms with Crippen LogP contribution in [0.3, 0.4) is 0 Å². The third kappa shape index (κ3) is 3.23. The van der Waals surface area contributed by atoms with E-state index in [9.17, 15) is 0 Å². The van der Waals surface area contributed by atoms with E-state index in [-0.39, 0.29) is 0 Å². The van der Waals surface area contributed by atoms with E-state index in [1.807, 2.05) is 0 Å². The van der Waals surface area contributed by atoms with Crippen molar-refractivity contribution >= 4 is 0 Å². The van der Waals surface area contributed by atoms with Crippen LogP contribution in [0.4, 0.5) is 0 Å². The number of nitrogens with zero attached hydrogens (tertiary/aromatic N) is 2. The summed E-state index contributed by atoms with van der Waals surface area (Å²) in [6.07, 6.45) is 4.49. The summed E-state index contributed by atoms with van der Waals surface area (Å²) in [7, 11) is 4.89. The zero-order valence-corrected chi connectivity index (χ0v) is 16.6. The Balaban J connectivity index is 1.80. The summed E-state index contributed by atoms with van der Waals surface area (Å²) in [6, 6.07) is 0. The highest BCUT2D eigenvalue weighted by Gasteiger charge is 2.59. The van der Waals surface area contributed by atoms with Crippen LogP contribution in [0.25, 0.3) is 0 Å². The summed E-state index contributed by atoms with van der Waals surface area (Å²) in [4.78, 5) is 2.58. The predicted octanol–water partition coefficient (Wildman–Crippen LogP) is 3.97. The van der Waals surface area contributed by atoms with Gasteiger partial charge < -0.3 is 9.38 Å². The molecule has 4 aliphatic rings. The second-order valence-electron chi connectivity index (χ2n) is 9.88. The number of quaternary nitrogens is 1. The molecule has 4 rings (SSSR count). The van der Waals surface area contributed by atoms with Crippen LogP contribution in [-0.4, -0.2) is 56.2 Å². The van der Waals surface area contributed by atoms with Crippen molar-refractivity contribution in [1.29, 1.82) is 0 Å². The van der Waals surface area contributed by atoms with Gasteiger partial charge >= 0.3 is 0 Å². The molecule has 4 fully saturated rings. The lowest BCUT2D eigenvalue weighted by Gasteiger charge is -2.54. The van der Waals surface area contributed by atoms with E-state index >= 15 is 0 Å². The van der Waals surface area contributed by atoms with Crippen molar-refractivity contribution in [3.8, 4) is 0 Å². The second-order valence-corrected chi connectivity index (χ2v) is 9.88. The molecule has 2 nitrogen and oxygen atoms in total. The summed E-state index contributed by atoms with van der Waals surface area (Å²) in [5.41, 5.74) is 0. The lowest BCUT2D eigenvalue weighted by atomic mass is 9.50. The molecule has 0 aromatic rings. The largest absolute Gasteiger partial charge is 0.325 e. The van der Waals surface area contributed by atoms with Gasteiger partial charge in [-0.3, -0.25) is 0 Å². The van der Waals surface area contributed by atoms with Gasteiger partial charge in [-0.25, -0.2) is 0 Å². The van der Waals surface area contributed by atoms with Crippen molar-refractivity contribution in [2.75, 3.05) is 46.8 Å². The minimum absolute atomic E-state index is 0.835. The summed E-state index contributed by atoms with van der Waals surface area (Å²) >= 11 is 0. The maximum atomic E-state index is 2.58. The van der Waals surface area contributed by atoms with Gasteiger partial charge in [-0.05, 0) is 50.1 Å². The standard InChI is InChI=1S/C21H41N2/c1-7-16-17-9-10-18(19(16)11-22(5)8-2)21-14-23(6,12-15(3)4)13-20(17)21/h15-21H,7-14H2,1-6H3/q+1. The molecule has 3 aliphatic carbocycles. The smallest absolute Gasteiger partial charge is 0.0821 e. The molecule has 7 atom stereocenters. The first-order chi connectivity index (χ1) is 10.9. The molecule has 2 bridgehead atoms. The monoisotopic (exact) mass is 321 g/mol. The van der Waals surface area contributed by atoms with E-state index in [1.54, 1.807) is 6.42 Å². The zero-order valence-electron chi connectivity index (χ0n) is 16.6. The molecule has 0 spiro atoms. The van der Waals surface area contributed by atoms with Gasteiger partial charge in [0.2, 0.25) is 0 Å². The van der Waals surface area contributed by atoms with Gasteiger partial charge in [0.05, 0.1) is 26.7 Å². The molecule has 7 unspecified atom stereocenters. The topological polar surface area (TPSA) is 3.24 Å². The van der Waals surface area contributed by atoms with E-state index in [0.717, 1.165) is 41.4 Å². The van der Waals surface area contributed by atoms with E-state index < -0.39 is 0 Å². The Hall–Kier alpha value is -0.0800. The molecule has 3 saturated carbocycles. The van der Waals surface area contributed by atoms with Gasteiger partial charge in [0.25, 0.3) is 0 Å². The fourth-order valence-corrected chi connectivity index (χ4v) is 7.18. The van der Waals surface area contributed by atoms with E-state index in [2.05, 4.69) is 46.7 Å². The summed E-state index contributed by atoms with van der Waals surface area (Å²) in [6.45, 7) is 16.5. The lowest BCUT2D eigenvalue weighted by Crippen LogP contribution is -2.53. The quantitative estimate of drug-likeness (QED) is 0.669. The normalized spacial score (nSPS) is 45.9. The minimum Gasteiger partial charge on any atom is -0.325 e. The van der Waals surface area contributed by atoms with Crippen LogP contribution in [0.15, 0.2) is 0 Å². The van der Waals surface area contributed by atoms with Crippen LogP contribution in [0.2, 0.25) is 0 Å². The highest BCUT2D eigenvalue weighted by atomic mass is 15.4. The predicted molar refractivity (Wildman–Crippen MR) is 99.3 cm³/mol. The maximum absolute atomic E-state index is 2.58. The van der Waals surface area contributed by atoms with Crippen LogP contribution in [-0.2, 0) is 0 Å². The highest BCUT2D eigenvalue weighted by molar-refractivity contribution is 5.03. The Labute approximate surface area is 145 Å². The van der Waals surface area contributed by atoms with E-state index in [0.29, 0.717) is 0 Å². The minimum atomic E-state index is 0.835. The van der Waals surface area contributed by atoms with Gasteiger partial charge in [-0.15, -0.1) is 0 Å². The number of fused-ring (bicyclic) bond motifs is 2. The molecule has 1 saturated heterocycles. The van der Waals surface area contributed by atoms with Crippen LogP contribution < -0.4 is 0 Å². The van der Waals surface area contributed by atoms with Gasteiger partial charge in [0, 0.05) is 24.3 Å². The molecule has 23 heavy (non-hydrogen) atoms. The van der Waals surface area contributed by atoms with Crippen molar-refractivity contribution < 1.29 is 4.48 Å². The number of hydrogen-bond acceptors (Lipinski definition) is 1. The number of rotatable bonds is 6. The molecule has 1 heterocycles. The second kappa shape index (κ2) is 6.67. The third-order valence-corrected chi connectivity index (χ3v) is 7.78. The molecule has 0 N–H and O–H groups in total. The Bertz CT molecular complexity index is 407. The Morgan fingerprint density at radius 2 is 1.52 bits per heavy atom. The average molecular weight is 322 g/mol. The van der Waals surface area contributed by atoms with Gasteiger partial charge in [-0.2, -0.15) is 0 Å². The van der Waals surface area contributed by atoms with E-state index in [1.165, 1.54) is 50.0 Å². The first kappa shape index (κ1) is 17.7. The van der Waals surface area contributed by atoms with Crippen LogP contribution in [0.1, 0.15) is 47.0 Å². The van der Waals surface area contributed by atoms with Crippen molar-refractivity contribution in [3.63, 3.8) is 0 Å². The zero-order chi connectivity index (χ0) is 16.8. The molecule has 1 aliphatic heterocycles. The van der Waals surface area contributed by atoms with Gasteiger partial charge in [0.1, 0.15) is 0 Å². The fraction of sp³-hybridized carbons (Fsp3) is 1.00. The first-order valence-electron chi connectivity index (χ1n) is 10.4. The molecule has 2 heteroatoms. The molecule has 0 amide bonds. The summed E-state index contributed by atoms with van der Waals surface area (Å²) in [5, 5.41) is 0. The Morgan fingerprint density at radius 1 is 0.957 bits per heavy atom. The maximum Gasteiger partial charge on any atom is 0.0821 e. The van der Waals surface area contributed by atoms with Gasteiger partial charge in [0.15, 0.2) is 0 Å². The number of likely N-dealkylation sites (tertiary alicyclic amines) is 1. The fourth-order valence-electron chi connectivity index (χ4n) is 7.18. The molecular formula is C21H41N2+. The summed E-state index contributed by atoms with van der Waals surface area (Å²) < 4.78 is 1.37. The third-order valence-electron chi connectivity index (χ3n) is 7.78. The molecule has 0 aromatic carbocycles. The van der Waals surface area contributed by atoms with E-state index in [4.69, 9.17) is 0 Å². The van der Waals surface area contributed by atoms with Crippen molar-refractivity contribution in [2.24, 2.45) is 41.4 Å². The number of hydrogen-bond donors (Lipinski definition) is 0. The van der Waals surface area contributed by atoms with Gasteiger partial charge in [-0.1, -0.05) is 34.1 Å². The highest BCUT2D eigenvalue weighted by Crippen LogP contribution is 2.59. The van der Waals surface area contributed by atoms with Crippen LogP contribution in [0, 0.1) is 41.4 Å². The Kier molecular flexibility index (Phi) is 5.14. The molecule has 0 aromatic heterocycles. The van der Waals surface area contributed by atoms with Crippen molar-refractivity contribution in [1.82, 2.24) is 4.90 Å². The van der Waals surface area contributed by atoms with Crippen molar-refractivity contribution in [3.05, 3.63) is 0 Å².